The zero-order valence-corrected chi connectivity index (χ0v) is 15.4. The van der Waals surface area contributed by atoms with Gasteiger partial charge in [-0.05, 0) is 70.5 Å². The van der Waals surface area contributed by atoms with E-state index in [4.69, 9.17) is 9.31 Å². The predicted octanol–water partition coefficient (Wildman–Crippen LogP) is 2.48. The fraction of sp³-hybridized carbons (Fsp3) is 0.647. The van der Waals surface area contributed by atoms with Crippen molar-refractivity contribution in [1.82, 2.24) is 0 Å². The molecule has 1 aliphatic carbocycles. The Morgan fingerprint density at radius 3 is 2.17 bits per heavy atom. The predicted molar refractivity (Wildman–Crippen MR) is 91.7 cm³/mol. The first-order valence-electron chi connectivity index (χ1n) is 8.21. The number of benzene rings is 1. The molecule has 0 bridgehead atoms. The molecule has 0 aromatic heterocycles. The van der Waals surface area contributed by atoms with E-state index < -0.39 is 28.2 Å². The highest BCUT2D eigenvalue weighted by Crippen LogP contribution is 2.37. The quantitative estimate of drug-likeness (QED) is 0.793. The van der Waals surface area contributed by atoms with Gasteiger partial charge in [-0.2, -0.15) is 0 Å². The summed E-state index contributed by atoms with van der Waals surface area (Å²) in [7, 11) is -3.65. The van der Waals surface area contributed by atoms with Crippen LogP contribution in [0, 0.1) is 12.8 Å². The lowest BCUT2D eigenvalue weighted by Crippen LogP contribution is -2.41. The summed E-state index contributed by atoms with van der Waals surface area (Å²) >= 11 is 0. The highest BCUT2D eigenvalue weighted by molar-refractivity contribution is 7.91. The fourth-order valence-corrected chi connectivity index (χ4v) is 4.79. The summed E-state index contributed by atoms with van der Waals surface area (Å²) in [5.74, 6) is 0.617. The molecule has 6 heteroatoms. The summed E-state index contributed by atoms with van der Waals surface area (Å²) < 4.78 is 37.0. The monoisotopic (exact) mass is 336 g/mol. The molecular formula is C17H25BO4S. The van der Waals surface area contributed by atoms with E-state index in [0.29, 0.717) is 10.8 Å². The largest absolute Gasteiger partial charge is 0.494 e. The van der Waals surface area contributed by atoms with Crippen LogP contribution >= 0.6 is 0 Å². The first-order valence-corrected chi connectivity index (χ1v) is 9.86. The Morgan fingerprint density at radius 1 is 1.13 bits per heavy atom. The average Bonchev–Trinajstić information content (AvgIpc) is 3.15. The van der Waals surface area contributed by atoms with Crippen molar-refractivity contribution in [2.24, 2.45) is 5.92 Å². The van der Waals surface area contributed by atoms with E-state index in [2.05, 4.69) is 0 Å². The molecule has 1 aromatic carbocycles. The minimum atomic E-state index is -3.20. The van der Waals surface area contributed by atoms with Gasteiger partial charge in [0.25, 0.3) is 0 Å². The van der Waals surface area contributed by atoms with Crippen molar-refractivity contribution in [2.45, 2.75) is 63.6 Å². The SMILES string of the molecule is Cc1cc(B2OC(C)(C)C(C)(C)O2)ccc1S(=O)(=O)CC1CC1. The molecule has 1 aromatic rings. The molecule has 0 spiro atoms. The number of hydrogen-bond donors (Lipinski definition) is 0. The van der Waals surface area contributed by atoms with Crippen LogP contribution in [0.4, 0.5) is 0 Å². The van der Waals surface area contributed by atoms with E-state index in [1.54, 1.807) is 6.07 Å². The second-order valence-corrected chi connectivity index (χ2v) is 9.84. The van der Waals surface area contributed by atoms with Gasteiger partial charge in [0.05, 0.1) is 21.9 Å². The summed E-state index contributed by atoms with van der Waals surface area (Å²) in [6.45, 7) is 9.87. The third-order valence-corrected chi connectivity index (χ3v) is 7.25. The summed E-state index contributed by atoms with van der Waals surface area (Å²) in [5.41, 5.74) is 0.828. The van der Waals surface area contributed by atoms with Gasteiger partial charge in [0.2, 0.25) is 0 Å². The highest BCUT2D eigenvalue weighted by Gasteiger charge is 2.51. The zero-order chi connectivity index (χ0) is 17.0. The van der Waals surface area contributed by atoms with Crippen LogP contribution in [0.1, 0.15) is 46.1 Å². The minimum absolute atomic E-state index is 0.268. The van der Waals surface area contributed by atoms with Crippen molar-refractivity contribution in [3.05, 3.63) is 23.8 Å². The maximum atomic E-state index is 12.5. The van der Waals surface area contributed by atoms with E-state index in [1.807, 2.05) is 46.8 Å². The van der Waals surface area contributed by atoms with E-state index in [-0.39, 0.29) is 5.75 Å². The van der Waals surface area contributed by atoms with Crippen molar-refractivity contribution in [3.63, 3.8) is 0 Å². The lowest BCUT2D eigenvalue weighted by atomic mass is 9.78. The topological polar surface area (TPSA) is 52.6 Å². The first-order chi connectivity index (χ1) is 10.5. The van der Waals surface area contributed by atoms with Gasteiger partial charge >= 0.3 is 7.12 Å². The Kier molecular flexibility index (Phi) is 3.94. The van der Waals surface area contributed by atoms with Gasteiger partial charge in [-0.15, -0.1) is 0 Å². The Morgan fingerprint density at radius 2 is 1.70 bits per heavy atom. The van der Waals surface area contributed by atoms with Gasteiger partial charge in [-0.25, -0.2) is 8.42 Å². The summed E-state index contributed by atoms with van der Waals surface area (Å²) in [4.78, 5) is 0.435. The van der Waals surface area contributed by atoms with Gasteiger partial charge in [-0.3, -0.25) is 0 Å². The van der Waals surface area contributed by atoms with Crippen molar-refractivity contribution in [2.75, 3.05) is 5.75 Å². The van der Waals surface area contributed by atoms with Crippen molar-refractivity contribution >= 4 is 22.4 Å². The van der Waals surface area contributed by atoms with E-state index >= 15 is 0 Å². The van der Waals surface area contributed by atoms with Crippen LogP contribution < -0.4 is 5.46 Å². The lowest BCUT2D eigenvalue weighted by molar-refractivity contribution is 0.00578. The van der Waals surface area contributed by atoms with Gasteiger partial charge in [0.1, 0.15) is 0 Å². The van der Waals surface area contributed by atoms with Gasteiger partial charge in [0.15, 0.2) is 9.84 Å². The fourth-order valence-electron chi connectivity index (χ4n) is 2.83. The number of aryl methyl sites for hydroxylation is 1. The molecule has 1 saturated heterocycles. The Bertz CT molecular complexity index is 704. The standard InChI is InChI=1S/C17H25BO4S/c1-12-10-14(18-21-16(2,3)17(4,5)22-18)8-9-15(12)23(19,20)11-13-6-7-13/h8-10,13H,6-7,11H2,1-5H3. The van der Waals surface area contributed by atoms with Gasteiger partial charge in [-0.1, -0.05) is 12.1 Å². The van der Waals surface area contributed by atoms with Crippen LogP contribution in [0.3, 0.4) is 0 Å². The molecule has 1 saturated carbocycles. The molecule has 0 atom stereocenters. The Hall–Kier alpha value is -0.845. The average molecular weight is 336 g/mol. The summed E-state index contributed by atoms with van der Waals surface area (Å²) in [6, 6.07) is 5.39. The van der Waals surface area contributed by atoms with E-state index in [9.17, 15) is 8.42 Å². The highest BCUT2D eigenvalue weighted by atomic mass is 32.2. The second kappa shape index (κ2) is 5.33. The molecule has 1 aliphatic heterocycles. The minimum Gasteiger partial charge on any atom is -0.399 e. The molecule has 126 valence electrons. The molecule has 2 fully saturated rings. The zero-order valence-electron chi connectivity index (χ0n) is 14.5. The normalized spacial score (nSPS) is 23.3. The van der Waals surface area contributed by atoms with Crippen molar-refractivity contribution in [3.8, 4) is 0 Å². The van der Waals surface area contributed by atoms with Gasteiger partial charge < -0.3 is 9.31 Å². The second-order valence-electron chi connectivity index (χ2n) is 7.84. The molecular weight excluding hydrogens is 311 g/mol. The molecule has 0 unspecified atom stereocenters. The van der Waals surface area contributed by atoms with Crippen molar-refractivity contribution < 1.29 is 17.7 Å². The maximum Gasteiger partial charge on any atom is 0.494 e. The van der Waals surface area contributed by atoms with Crippen LogP contribution in [-0.4, -0.2) is 32.5 Å². The summed E-state index contributed by atoms with van der Waals surface area (Å²) in [5, 5.41) is 0. The molecule has 3 rings (SSSR count). The smallest absolute Gasteiger partial charge is 0.399 e. The number of hydrogen-bond acceptors (Lipinski definition) is 4. The van der Waals surface area contributed by atoms with E-state index in [1.165, 1.54) is 0 Å². The van der Waals surface area contributed by atoms with Gasteiger partial charge in [0, 0.05) is 0 Å². The lowest BCUT2D eigenvalue weighted by Gasteiger charge is -2.32. The third-order valence-electron chi connectivity index (χ3n) is 5.21. The first kappa shape index (κ1) is 17.0. The molecule has 0 N–H and O–H groups in total. The molecule has 0 radical (unpaired) electrons. The van der Waals surface area contributed by atoms with Crippen LogP contribution in [0.25, 0.3) is 0 Å². The van der Waals surface area contributed by atoms with Crippen LogP contribution in [0.2, 0.25) is 0 Å². The third kappa shape index (κ3) is 3.21. The van der Waals surface area contributed by atoms with Crippen LogP contribution in [0.15, 0.2) is 23.1 Å². The number of sulfone groups is 1. The molecule has 1 heterocycles. The number of rotatable bonds is 4. The Balaban J connectivity index is 1.86. The molecule has 23 heavy (non-hydrogen) atoms. The molecule has 0 amide bonds. The summed E-state index contributed by atoms with van der Waals surface area (Å²) in [6.07, 6.45) is 2.06. The van der Waals surface area contributed by atoms with Crippen LogP contribution in [0.5, 0.6) is 0 Å². The molecule has 2 aliphatic rings. The van der Waals surface area contributed by atoms with Crippen LogP contribution in [-0.2, 0) is 19.1 Å². The van der Waals surface area contributed by atoms with Crippen molar-refractivity contribution in [1.29, 1.82) is 0 Å². The molecule has 4 nitrogen and oxygen atoms in total. The van der Waals surface area contributed by atoms with E-state index in [0.717, 1.165) is 23.9 Å². The Labute approximate surface area is 139 Å². The maximum absolute atomic E-state index is 12.5.